The van der Waals surface area contributed by atoms with E-state index >= 15 is 0 Å². The topological polar surface area (TPSA) is 53.7 Å². The highest BCUT2D eigenvalue weighted by Crippen LogP contribution is 2.36. The molecule has 0 spiro atoms. The summed E-state index contributed by atoms with van der Waals surface area (Å²) < 4.78 is 5.31. The summed E-state index contributed by atoms with van der Waals surface area (Å²) in [7, 11) is 0. The Hall–Kier alpha value is -2.11. The molecule has 1 aliphatic rings. The third-order valence-electron chi connectivity index (χ3n) is 5.02. The molecule has 3 heterocycles. The van der Waals surface area contributed by atoms with Gasteiger partial charge >= 0.3 is 5.63 Å². The molecule has 1 aliphatic heterocycles. The number of hydrogen-bond donors (Lipinski definition) is 1. The average molecular weight is 355 g/mol. The van der Waals surface area contributed by atoms with Gasteiger partial charge in [-0.15, -0.1) is 11.3 Å². The molecule has 0 saturated carbocycles. The number of aromatic hydroxyl groups is 1. The summed E-state index contributed by atoms with van der Waals surface area (Å²) in [5.74, 6) is 0.188. The van der Waals surface area contributed by atoms with Crippen LogP contribution in [-0.2, 0) is 13.0 Å². The van der Waals surface area contributed by atoms with Crippen molar-refractivity contribution in [2.75, 3.05) is 6.54 Å². The van der Waals surface area contributed by atoms with Crippen molar-refractivity contribution in [3.05, 3.63) is 62.1 Å². The van der Waals surface area contributed by atoms with Gasteiger partial charge in [0, 0.05) is 35.0 Å². The SMILES string of the molecule is CCc1cc2c(CN3CCCC3c3cccs3)cc(=O)oc2cc1O. The van der Waals surface area contributed by atoms with Crippen molar-refractivity contribution >= 4 is 22.3 Å². The molecule has 5 heteroatoms. The quantitative estimate of drug-likeness (QED) is 0.702. The lowest BCUT2D eigenvalue weighted by atomic mass is 10.0. The van der Waals surface area contributed by atoms with E-state index in [2.05, 4.69) is 22.4 Å². The first-order valence-electron chi connectivity index (χ1n) is 8.71. The predicted molar refractivity (Wildman–Crippen MR) is 100 cm³/mol. The van der Waals surface area contributed by atoms with E-state index in [1.807, 2.05) is 13.0 Å². The number of hydrogen-bond acceptors (Lipinski definition) is 5. The van der Waals surface area contributed by atoms with E-state index in [0.29, 0.717) is 11.6 Å². The zero-order valence-corrected chi connectivity index (χ0v) is 15.0. The van der Waals surface area contributed by atoms with Gasteiger partial charge in [-0.2, -0.15) is 0 Å². The van der Waals surface area contributed by atoms with E-state index in [1.54, 1.807) is 23.5 Å². The molecule has 1 saturated heterocycles. The van der Waals surface area contributed by atoms with Gasteiger partial charge in [0.1, 0.15) is 11.3 Å². The minimum atomic E-state index is -0.363. The number of aryl methyl sites for hydroxylation is 1. The monoisotopic (exact) mass is 355 g/mol. The van der Waals surface area contributed by atoms with Crippen LogP contribution in [0.3, 0.4) is 0 Å². The lowest BCUT2D eigenvalue weighted by Gasteiger charge is -2.24. The molecular weight excluding hydrogens is 334 g/mol. The smallest absolute Gasteiger partial charge is 0.336 e. The number of phenolic OH excluding ortho intramolecular Hbond substituents is 1. The minimum absolute atomic E-state index is 0.188. The maximum atomic E-state index is 12.0. The number of thiophene rings is 1. The highest BCUT2D eigenvalue weighted by molar-refractivity contribution is 7.10. The summed E-state index contributed by atoms with van der Waals surface area (Å²) in [6, 6.07) is 9.84. The summed E-state index contributed by atoms with van der Waals surface area (Å²) in [6.45, 7) is 3.76. The molecule has 0 aliphatic carbocycles. The van der Waals surface area contributed by atoms with E-state index in [4.69, 9.17) is 4.42 Å². The van der Waals surface area contributed by atoms with Crippen molar-refractivity contribution in [3.63, 3.8) is 0 Å². The molecule has 1 fully saturated rings. The Morgan fingerprint density at radius 2 is 2.20 bits per heavy atom. The normalized spacial score (nSPS) is 18.2. The predicted octanol–water partition coefficient (Wildman–Crippen LogP) is 4.46. The largest absolute Gasteiger partial charge is 0.508 e. The number of fused-ring (bicyclic) bond motifs is 1. The first-order chi connectivity index (χ1) is 12.2. The van der Waals surface area contributed by atoms with Crippen LogP contribution in [0.15, 0.2) is 44.9 Å². The average Bonchev–Trinajstić information content (AvgIpc) is 3.25. The maximum absolute atomic E-state index is 12.0. The lowest BCUT2D eigenvalue weighted by Crippen LogP contribution is -2.23. The fraction of sp³-hybridized carbons (Fsp3) is 0.350. The highest BCUT2D eigenvalue weighted by atomic mass is 32.1. The fourth-order valence-corrected chi connectivity index (χ4v) is 4.65. The molecule has 0 amide bonds. The molecule has 130 valence electrons. The molecule has 3 aromatic rings. The molecule has 1 N–H and O–H groups in total. The third kappa shape index (κ3) is 3.10. The standard InChI is InChI=1S/C20H21NO3S/c1-2-13-9-15-14(10-20(23)24-18(15)11-17(13)22)12-21-7-3-5-16(21)19-6-4-8-25-19/h4,6,8-11,16,22H,2-3,5,7,12H2,1H3. The van der Waals surface area contributed by atoms with Gasteiger partial charge in [-0.3, -0.25) is 4.90 Å². The molecule has 25 heavy (non-hydrogen) atoms. The number of benzene rings is 1. The summed E-state index contributed by atoms with van der Waals surface area (Å²) in [4.78, 5) is 15.8. The van der Waals surface area contributed by atoms with Crippen LogP contribution in [0.5, 0.6) is 5.75 Å². The molecule has 4 nitrogen and oxygen atoms in total. The van der Waals surface area contributed by atoms with Crippen LogP contribution < -0.4 is 5.63 Å². The Kier molecular flexibility index (Phi) is 4.36. The number of phenols is 1. The van der Waals surface area contributed by atoms with Gasteiger partial charge in [-0.05, 0) is 54.4 Å². The van der Waals surface area contributed by atoms with Crippen molar-refractivity contribution in [1.29, 1.82) is 0 Å². The zero-order valence-electron chi connectivity index (χ0n) is 14.2. The molecule has 2 aromatic heterocycles. The maximum Gasteiger partial charge on any atom is 0.336 e. The lowest BCUT2D eigenvalue weighted by molar-refractivity contribution is 0.252. The number of likely N-dealkylation sites (tertiary alicyclic amines) is 1. The first kappa shape index (κ1) is 16.4. The molecular formula is C20H21NO3S. The zero-order chi connectivity index (χ0) is 17.4. The molecule has 1 aromatic carbocycles. The Morgan fingerprint density at radius 1 is 1.32 bits per heavy atom. The van der Waals surface area contributed by atoms with Crippen LogP contribution in [0.25, 0.3) is 11.0 Å². The van der Waals surface area contributed by atoms with Crippen molar-refractivity contribution in [2.24, 2.45) is 0 Å². The third-order valence-corrected chi connectivity index (χ3v) is 5.99. The Bertz CT molecular complexity index is 945. The second-order valence-corrected chi connectivity index (χ2v) is 7.54. The summed E-state index contributed by atoms with van der Waals surface area (Å²) in [5, 5.41) is 13.1. The van der Waals surface area contributed by atoms with Crippen LogP contribution in [0.2, 0.25) is 0 Å². The van der Waals surface area contributed by atoms with Crippen molar-refractivity contribution in [2.45, 2.75) is 38.8 Å². The Morgan fingerprint density at radius 3 is 2.96 bits per heavy atom. The molecule has 0 bridgehead atoms. The van der Waals surface area contributed by atoms with Crippen LogP contribution in [0.4, 0.5) is 0 Å². The van der Waals surface area contributed by atoms with E-state index in [9.17, 15) is 9.90 Å². The van der Waals surface area contributed by atoms with Crippen LogP contribution >= 0.6 is 11.3 Å². The van der Waals surface area contributed by atoms with Gasteiger partial charge in [0.25, 0.3) is 0 Å². The summed E-state index contributed by atoms with van der Waals surface area (Å²) in [5.41, 5.74) is 1.95. The van der Waals surface area contributed by atoms with Crippen molar-refractivity contribution in [1.82, 2.24) is 4.90 Å². The molecule has 4 rings (SSSR count). The highest BCUT2D eigenvalue weighted by Gasteiger charge is 2.27. The van der Waals surface area contributed by atoms with Crippen LogP contribution in [0, 0.1) is 0 Å². The molecule has 1 atom stereocenters. The van der Waals surface area contributed by atoms with Gasteiger partial charge < -0.3 is 9.52 Å². The van der Waals surface area contributed by atoms with E-state index < -0.39 is 0 Å². The van der Waals surface area contributed by atoms with E-state index in [0.717, 1.165) is 42.4 Å². The second-order valence-electron chi connectivity index (χ2n) is 6.57. The van der Waals surface area contributed by atoms with Gasteiger partial charge in [0.2, 0.25) is 0 Å². The van der Waals surface area contributed by atoms with E-state index in [-0.39, 0.29) is 11.4 Å². The Labute approximate surface area is 150 Å². The van der Waals surface area contributed by atoms with Gasteiger partial charge in [-0.1, -0.05) is 13.0 Å². The van der Waals surface area contributed by atoms with Gasteiger partial charge in [0.15, 0.2) is 0 Å². The summed E-state index contributed by atoms with van der Waals surface area (Å²) >= 11 is 1.79. The van der Waals surface area contributed by atoms with Crippen molar-refractivity contribution < 1.29 is 9.52 Å². The van der Waals surface area contributed by atoms with Crippen LogP contribution in [0.1, 0.15) is 41.8 Å². The molecule has 0 radical (unpaired) electrons. The number of nitrogens with zero attached hydrogens (tertiary/aromatic N) is 1. The molecule has 1 unspecified atom stereocenters. The van der Waals surface area contributed by atoms with E-state index in [1.165, 1.54) is 11.3 Å². The Balaban J connectivity index is 1.74. The van der Waals surface area contributed by atoms with Gasteiger partial charge in [-0.25, -0.2) is 4.79 Å². The fourth-order valence-electron chi connectivity index (χ4n) is 3.76. The second kappa shape index (κ2) is 6.65. The van der Waals surface area contributed by atoms with Crippen LogP contribution in [-0.4, -0.2) is 16.6 Å². The minimum Gasteiger partial charge on any atom is -0.508 e. The van der Waals surface area contributed by atoms with Crippen molar-refractivity contribution in [3.8, 4) is 5.75 Å². The van der Waals surface area contributed by atoms with Gasteiger partial charge in [0.05, 0.1) is 0 Å². The first-order valence-corrected chi connectivity index (χ1v) is 9.59. The summed E-state index contributed by atoms with van der Waals surface area (Å²) in [6.07, 6.45) is 3.06. The number of rotatable bonds is 4.